The maximum absolute atomic E-state index is 13.2. The van der Waals surface area contributed by atoms with Gasteiger partial charge >= 0.3 is 0 Å². The molecule has 2 aliphatic rings. The van der Waals surface area contributed by atoms with Gasteiger partial charge in [-0.1, -0.05) is 34.1 Å². The number of ether oxygens (including phenoxy) is 2. The van der Waals surface area contributed by atoms with Crippen molar-refractivity contribution in [3.63, 3.8) is 0 Å². The van der Waals surface area contributed by atoms with Gasteiger partial charge in [-0.25, -0.2) is 0 Å². The molecule has 0 unspecified atom stereocenters. The Hall–Kier alpha value is -2.65. The lowest BCUT2D eigenvalue weighted by molar-refractivity contribution is -0.534. The van der Waals surface area contributed by atoms with Crippen molar-refractivity contribution in [3.05, 3.63) is 62.1 Å². The Morgan fingerprint density at radius 1 is 1.33 bits per heavy atom. The topological polar surface area (TPSA) is 93.9 Å². The average Bonchev–Trinajstić information content (AvgIpc) is 3.18. The summed E-state index contributed by atoms with van der Waals surface area (Å²) in [6, 6.07) is 9.52. The van der Waals surface area contributed by atoms with E-state index in [2.05, 4.69) is 21.2 Å². The highest BCUT2D eigenvalue weighted by Crippen LogP contribution is 2.53. The van der Waals surface area contributed by atoms with Crippen LogP contribution in [-0.2, 0) is 10.3 Å². The molecule has 30 heavy (non-hydrogen) atoms. The van der Waals surface area contributed by atoms with Crippen LogP contribution in [0.3, 0.4) is 0 Å². The molecule has 0 aliphatic carbocycles. The van der Waals surface area contributed by atoms with Crippen LogP contribution in [0.15, 0.2) is 40.9 Å². The highest BCUT2D eigenvalue weighted by atomic mass is 79.9. The predicted octanol–water partition coefficient (Wildman–Crippen LogP) is 3.38. The first-order chi connectivity index (χ1) is 14.4. The van der Waals surface area contributed by atoms with Crippen LogP contribution in [-0.4, -0.2) is 49.1 Å². The van der Waals surface area contributed by atoms with Crippen LogP contribution in [0.1, 0.15) is 24.0 Å². The Labute approximate surface area is 182 Å². The molecule has 2 heterocycles. The molecule has 1 N–H and O–H groups in total. The fraction of sp³-hybridized carbons (Fsp3) is 0.381. The van der Waals surface area contributed by atoms with Gasteiger partial charge in [0.1, 0.15) is 0 Å². The second kappa shape index (κ2) is 7.55. The van der Waals surface area contributed by atoms with Crippen molar-refractivity contribution >= 4 is 27.5 Å². The molecule has 1 amide bonds. The largest absolute Gasteiger partial charge is 0.493 e. The zero-order valence-electron chi connectivity index (χ0n) is 16.8. The van der Waals surface area contributed by atoms with E-state index in [4.69, 9.17) is 9.47 Å². The number of benzene rings is 2. The second-order valence-corrected chi connectivity index (χ2v) is 8.30. The summed E-state index contributed by atoms with van der Waals surface area (Å²) in [4.78, 5) is 27.1. The van der Waals surface area contributed by atoms with E-state index < -0.39 is 17.5 Å². The summed E-state index contributed by atoms with van der Waals surface area (Å²) in [7, 11) is 3.29. The van der Waals surface area contributed by atoms with Gasteiger partial charge in [0.05, 0.1) is 19.6 Å². The van der Waals surface area contributed by atoms with Crippen molar-refractivity contribution in [2.75, 3.05) is 32.6 Å². The number of para-hydroxylation sites is 1. The lowest BCUT2D eigenvalue weighted by Gasteiger charge is -2.30. The normalized spacial score (nSPS) is 25.3. The highest BCUT2D eigenvalue weighted by molar-refractivity contribution is 9.10. The number of carbonyl (C=O) groups excluding carboxylic acids is 1. The molecular formula is C21H22BrN3O5. The number of methoxy groups -OCH3 is 1. The number of rotatable bonds is 5. The fourth-order valence-electron chi connectivity index (χ4n) is 4.82. The van der Waals surface area contributed by atoms with Crippen LogP contribution in [0.5, 0.6) is 11.5 Å². The molecule has 158 valence electrons. The number of amides is 1. The lowest BCUT2D eigenvalue weighted by Crippen LogP contribution is -2.54. The van der Waals surface area contributed by atoms with E-state index in [-0.39, 0.29) is 10.8 Å². The molecule has 4 rings (SSSR count). The summed E-state index contributed by atoms with van der Waals surface area (Å²) in [6.07, 6.45) is 0. The number of fused-ring (bicyclic) bond motifs is 2. The van der Waals surface area contributed by atoms with Crippen LogP contribution >= 0.6 is 15.9 Å². The fourth-order valence-corrected chi connectivity index (χ4v) is 5.44. The molecule has 9 heteroatoms. The molecule has 1 saturated heterocycles. The minimum atomic E-state index is -1.38. The van der Waals surface area contributed by atoms with E-state index >= 15 is 0 Å². The van der Waals surface area contributed by atoms with E-state index in [1.54, 1.807) is 48.3 Å². The van der Waals surface area contributed by atoms with Crippen molar-refractivity contribution in [3.8, 4) is 11.5 Å². The molecule has 2 aromatic rings. The molecule has 0 saturated carbocycles. The minimum absolute atomic E-state index is 0.328. The number of likely N-dealkylation sites (tertiary alicyclic amines) is 1. The smallest absolute Gasteiger partial charge is 0.256 e. The van der Waals surface area contributed by atoms with Crippen LogP contribution in [0.2, 0.25) is 0 Å². The second-order valence-electron chi connectivity index (χ2n) is 7.44. The number of hydrogen-bond acceptors (Lipinski definition) is 6. The molecule has 1 fully saturated rings. The number of nitro groups is 1. The maximum Gasteiger partial charge on any atom is 0.256 e. The zero-order valence-corrected chi connectivity index (χ0v) is 18.4. The summed E-state index contributed by atoms with van der Waals surface area (Å²) in [5.74, 6) is 0.139. The summed E-state index contributed by atoms with van der Waals surface area (Å²) in [5.41, 5.74) is 0.578. The van der Waals surface area contributed by atoms with Gasteiger partial charge in [-0.15, -0.1) is 0 Å². The van der Waals surface area contributed by atoms with Crippen LogP contribution in [0.4, 0.5) is 5.69 Å². The third-order valence-electron chi connectivity index (χ3n) is 6.02. The third kappa shape index (κ3) is 2.79. The predicted molar refractivity (Wildman–Crippen MR) is 115 cm³/mol. The van der Waals surface area contributed by atoms with Crippen LogP contribution < -0.4 is 14.8 Å². The molecule has 0 bridgehead atoms. The molecule has 2 aromatic carbocycles. The van der Waals surface area contributed by atoms with Gasteiger partial charge in [-0.3, -0.25) is 19.8 Å². The maximum atomic E-state index is 13.2. The Kier molecular flexibility index (Phi) is 5.19. The lowest BCUT2D eigenvalue weighted by atomic mass is 9.79. The Balaban J connectivity index is 1.88. The molecule has 1 spiro atoms. The van der Waals surface area contributed by atoms with E-state index in [0.29, 0.717) is 45.9 Å². The van der Waals surface area contributed by atoms with Gasteiger partial charge in [-0.05, 0) is 37.7 Å². The average molecular weight is 476 g/mol. The standard InChI is InChI=1S/C21H22BrN3O5/c1-4-30-18-10-15(22)12(9-17(18)29-3)13-11-24(2)21(19(13)25(27)28)14-7-5-6-8-16(14)23-20(21)26/h5-10,13,19H,4,11H2,1-3H3,(H,23,26)/t13-,19+,21-/m0/s1. The van der Waals surface area contributed by atoms with Crippen molar-refractivity contribution in [2.45, 2.75) is 24.4 Å². The number of hydrogen-bond donors (Lipinski definition) is 1. The third-order valence-corrected chi connectivity index (χ3v) is 6.71. The van der Waals surface area contributed by atoms with Crippen molar-refractivity contribution in [1.29, 1.82) is 0 Å². The monoisotopic (exact) mass is 475 g/mol. The first-order valence-corrected chi connectivity index (χ1v) is 10.4. The molecule has 0 radical (unpaired) electrons. The van der Waals surface area contributed by atoms with Crippen molar-refractivity contribution in [2.24, 2.45) is 0 Å². The molecular weight excluding hydrogens is 454 g/mol. The number of anilines is 1. The number of likely N-dealkylation sites (N-methyl/N-ethyl adjacent to an activating group) is 1. The van der Waals surface area contributed by atoms with E-state index in [1.165, 1.54) is 7.11 Å². The quantitative estimate of drug-likeness (QED) is 0.526. The van der Waals surface area contributed by atoms with Crippen LogP contribution in [0, 0.1) is 10.1 Å². The molecule has 3 atom stereocenters. The van der Waals surface area contributed by atoms with Gasteiger partial charge in [0.15, 0.2) is 17.0 Å². The van der Waals surface area contributed by atoms with E-state index in [1.807, 2.05) is 6.92 Å². The van der Waals surface area contributed by atoms with Gasteiger partial charge < -0.3 is 14.8 Å². The summed E-state index contributed by atoms with van der Waals surface area (Å²) < 4.78 is 11.8. The minimum Gasteiger partial charge on any atom is -0.493 e. The van der Waals surface area contributed by atoms with Crippen molar-refractivity contribution in [1.82, 2.24) is 4.90 Å². The zero-order chi connectivity index (χ0) is 21.6. The molecule has 0 aromatic heterocycles. The number of carbonyl (C=O) groups is 1. The van der Waals surface area contributed by atoms with Gasteiger partial charge in [0, 0.05) is 27.2 Å². The van der Waals surface area contributed by atoms with Gasteiger partial charge in [0.25, 0.3) is 11.9 Å². The first-order valence-electron chi connectivity index (χ1n) is 9.62. The first kappa shape index (κ1) is 20.6. The van der Waals surface area contributed by atoms with Gasteiger partial charge in [-0.2, -0.15) is 0 Å². The van der Waals surface area contributed by atoms with E-state index in [0.717, 1.165) is 0 Å². The van der Waals surface area contributed by atoms with E-state index in [9.17, 15) is 14.9 Å². The number of nitrogens with zero attached hydrogens (tertiary/aromatic N) is 2. The number of halogens is 1. The summed E-state index contributed by atoms with van der Waals surface area (Å²) >= 11 is 3.55. The number of nitrogens with one attached hydrogen (secondary N) is 1. The van der Waals surface area contributed by atoms with Crippen LogP contribution in [0.25, 0.3) is 0 Å². The SMILES string of the molecule is CCOc1cc(Br)c([C@@H]2CN(C)[C@]3(C(=O)Nc4ccccc43)[C@@H]2[N+](=O)[O-])cc1OC. The summed E-state index contributed by atoms with van der Waals surface area (Å²) in [6.45, 7) is 2.67. The van der Waals surface area contributed by atoms with Crippen molar-refractivity contribution < 1.29 is 19.2 Å². The highest BCUT2D eigenvalue weighted by Gasteiger charge is 2.68. The summed E-state index contributed by atoms with van der Waals surface area (Å²) in [5, 5.41) is 15.2. The molecule has 8 nitrogen and oxygen atoms in total. The Morgan fingerprint density at radius 2 is 2.07 bits per heavy atom. The molecule has 2 aliphatic heterocycles. The Morgan fingerprint density at radius 3 is 2.73 bits per heavy atom. The Bertz CT molecular complexity index is 1030. The van der Waals surface area contributed by atoms with Gasteiger partial charge in [0.2, 0.25) is 0 Å².